The maximum Gasteiger partial charge on any atom is 0.0242 e. The minimum Gasteiger partial charge on any atom is -0.327 e. The van der Waals surface area contributed by atoms with E-state index in [-0.39, 0.29) is 0 Å². The highest BCUT2D eigenvalue weighted by atomic mass is 32.1. The molecule has 0 spiro atoms. The molecule has 2 N–H and O–H groups in total. The molecule has 1 heterocycles. The van der Waals surface area contributed by atoms with Crippen LogP contribution in [0.25, 0.3) is 0 Å². The lowest BCUT2D eigenvalue weighted by Gasteiger charge is -2.16. The van der Waals surface area contributed by atoms with Gasteiger partial charge in [-0.3, -0.25) is 4.90 Å². The predicted molar refractivity (Wildman–Crippen MR) is 58.8 cm³/mol. The lowest BCUT2D eigenvalue weighted by Crippen LogP contribution is -2.22. The van der Waals surface area contributed by atoms with Gasteiger partial charge in [0.05, 0.1) is 0 Å². The monoisotopic (exact) mass is 196 g/mol. The Labute approximate surface area is 83.7 Å². The summed E-state index contributed by atoms with van der Waals surface area (Å²) in [6.45, 7) is 6.31. The van der Waals surface area contributed by atoms with E-state index in [1.165, 1.54) is 5.56 Å². The molecule has 3 heteroatoms. The molecule has 0 unspecified atom stereocenters. The summed E-state index contributed by atoms with van der Waals surface area (Å²) in [6, 6.07) is 2.15. The van der Waals surface area contributed by atoms with Gasteiger partial charge in [-0.05, 0) is 35.0 Å². The van der Waals surface area contributed by atoms with Crippen molar-refractivity contribution in [1.82, 2.24) is 4.90 Å². The van der Waals surface area contributed by atoms with Gasteiger partial charge in [-0.25, -0.2) is 0 Å². The van der Waals surface area contributed by atoms with Crippen LogP contribution in [0.1, 0.15) is 5.56 Å². The Morgan fingerprint density at radius 2 is 2.46 bits per heavy atom. The molecule has 72 valence electrons. The zero-order valence-electron chi connectivity index (χ0n) is 7.99. The van der Waals surface area contributed by atoms with Gasteiger partial charge >= 0.3 is 0 Å². The minimum atomic E-state index is 0.577. The second-order valence-electron chi connectivity index (χ2n) is 3.26. The van der Waals surface area contributed by atoms with Gasteiger partial charge < -0.3 is 5.73 Å². The Kier molecular flexibility index (Phi) is 4.15. The largest absolute Gasteiger partial charge is 0.327 e. The van der Waals surface area contributed by atoms with Gasteiger partial charge in [0.1, 0.15) is 0 Å². The number of rotatable bonds is 5. The van der Waals surface area contributed by atoms with Gasteiger partial charge in [0, 0.05) is 19.6 Å². The Bertz CT molecular complexity index is 254. The summed E-state index contributed by atoms with van der Waals surface area (Å²) in [7, 11) is 2.08. The average Bonchev–Trinajstić information content (AvgIpc) is 2.56. The van der Waals surface area contributed by atoms with Crippen molar-refractivity contribution < 1.29 is 0 Å². The molecule has 0 aliphatic carbocycles. The van der Waals surface area contributed by atoms with Crippen molar-refractivity contribution in [3.63, 3.8) is 0 Å². The first-order valence-electron chi connectivity index (χ1n) is 4.28. The van der Waals surface area contributed by atoms with E-state index >= 15 is 0 Å². The summed E-state index contributed by atoms with van der Waals surface area (Å²) < 4.78 is 0. The van der Waals surface area contributed by atoms with E-state index in [1.807, 2.05) is 0 Å². The van der Waals surface area contributed by atoms with Crippen LogP contribution in [0.4, 0.5) is 0 Å². The third kappa shape index (κ3) is 3.72. The normalized spacial score (nSPS) is 10.7. The molecular formula is C10H16N2S. The van der Waals surface area contributed by atoms with Crippen LogP contribution in [0.2, 0.25) is 0 Å². The molecule has 0 aromatic carbocycles. The lowest BCUT2D eigenvalue weighted by atomic mass is 10.2. The molecule has 2 nitrogen and oxygen atoms in total. The highest BCUT2D eigenvalue weighted by molar-refractivity contribution is 7.07. The van der Waals surface area contributed by atoms with Crippen LogP contribution in [-0.4, -0.2) is 25.0 Å². The maximum absolute atomic E-state index is 5.47. The average molecular weight is 196 g/mol. The predicted octanol–water partition coefficient (Wildman–Crippen LogP) is 1.69. The zero-order valence-corrected chi connectivity index (χ0v) is 8.81. The van der Waals surface area contributed by atoms with Gasteiger partial charge in [-0.1, -0.05) is 6.58 Å². The van der Waals surface area contributed by atoms with Crippen LogP contribution in [0.5, 0.6) is 0 Å². The molecule has 0 amide bonds. The molecule has 0 fully saturated rings. The summed E-state index contributed by atoms with van der Waals surface area (Å²) in [5.41, 5.74) is 7.91. The van der Waals surface area contributed by atoms with E-state index in [2.05, 4.69) is 35.4 Å². The van der Waals surface area contributed by atoms with Gasteiger partial charge in [-0.15, -0.1) is 0 Å². The number of nitrogens with zero attached hydrogens (tertiary/aromatic N) is 1. The van der Waals surface area contributed by atoms with Crippen LogP contribution < -0.4 is 5.73 Å². The van der Waals surface area contributed by atoms with Gasteiger partial charge in [0.25, 0.3) is 0 Å². The quantitative estimate of drug-likeness (QED) is 0.726. The molecule has 1 aromatic rings. The molecule has 0 saturated heterocycles. The summed E-state index contributed by atoms with van der Waals surface area (Å²) >= 11 is 1.73. The summed E-state index contributed by atoms with van der Waals surface area (Å²) in [5, 5.41) is 4.27. The van der Waals surface area contributed by atoms with Crippen LogP contribution in [0.3, 0.4) is 0 Å². The van der Waals surface area contributed by atoms with Crippen molar-refractivity contribution in [3.8, 4) is 0 Å². The number of likely N-dealkylation sites (N-methyl/N-ethyl adjacent to an activating group) is 1. The molecular weight excluding hydrogens is 180 g/mol. The summed E-state index contributed by atoms with van der Waals surface area (Å²) in [5.74, 6) is 0. The third-order valence-corrected chi connectivity index (χ3v) is 2.55. The highest BCUT2D eigenvalue weighted by Crippen LogP contribution is 2.08. The van der Waals surface area contributed by atoms with Crippen LogP contribution in [0, 0.1) is 0 Å². The fraction of sp³-hybridized carbons (Fsp3) is 0.400. The smallest absolute Gasteiger partial charge is 0.0242 e. The van der Waals surface area contributed by atoms with E-state index < -0.39 is 0 Å². The first-order valence-corrected chi connectivity index (χ1v) is 5.23. The fourth-order valence-corrected chi connectivity index (χ4v) is 1.86. The Morgan fingerprint density at radius 3 is 3.00 bits per heavy atom. The van der Waals surface area contributed by atoms with E-state index in [0.717, 1.165) is 18.7 Å². The number of hydrogen-bond acceptors (Lipinski definition) is 3. The van der Waals surface area contributed by atoms with Gasteiger partial charge in [-0.2, -0.15) is 11.3 Å². The topological polar surface area (TPSA) is 29.3 Å². The Hall–Kier alpha value is -0.640. The molecule has 0 atom stereocenters. The standard InChI is InChI=1S/C10H16N2S/c1-9(5-11)6-12(2)7-10-3-4-13-8-10/h3-4,8H,1,5-7,11H2,2H3. The van der Waals surface area contributed by atoms with Crippen molar-refractivity contribution >= 4 is 11.3 Å². The molecule has 0 radical (unpaired) electrons. The molecule has 0 aliphatic rings. The van der Waals surface area contributed by atoms with Crippen LogP contribution in [-0.2, 0) is 6.54 Å². The first kappa shape index (κ1) is 10.4. The summed E-state index contributed by atoms with van der Waals surface area (Å²) in [4.78, 5) is 2.22. The van der Waals surface area contributed by atoms with Gasteiger partial charge in [0.15, 0.2) is 0 Å². The number of nitrogens with two attached hydrogens (primary N) is 1. The van der Waals surface area contributed by atoms with Crippen LogP contribution in [0.15, 0.2) is 29.0 Å². The lowest BCUT2D eigenvalue weighted by molar-refractivity contribution is 0.354. The van der Waals surface area contributed by atoms with Crippen molar-refractivity contribution in [2.45, 2.75) is 6.54 Å². The van der Waals surface area contributed by atoms with Gasteiger partial charge in [0.2, 0.25) is 0 Å². The van der Waals surface area contributed by atoms with Crippen molar-refractivity contribution in [3.05, 3.63) is 34.5 Å². The van der Waals surface area contributed by atoms with E-state index in [0.29, 0.717) is 6.54 Å². The molecule has 0 saturated carbocycles. The zero-order chi connectivity index (χ0) is 9.68. The van der Waals surface area contributed by atoms with Crippen molar-refractivity contribution in [1.29, 1.82) is 0 Å². The van der Waals surface area contributed by atoms with Crippen molar-refractivity contribution in [2.75, 3.05) is 20.1 Å². The van der Waals surface area contributed by atoms with Crippen LogP contribution >= 0.6 is 11.3 Å². The second kappa shape index (κ2) is 5.17. The Morgan fingerprint density at radius 1 is 1.69 bits per heavy atom. The number of thiophene rings is 1. The minimum absolute atomic E-state index is 0.577. The second-order valence-corrected chi connectivity index (χ2v) is 4.04. The van der Waals surface area contributed by atoms with E-state index in [4.69, 9.17) is 5.73 Å². The molecule has 1 rings (SSSR count). The summed E-state index contributed by atoms with van der Waals surface area (Å²) in [6.07, 6.45) is 0. The molecule has 0 aliphatic heterocycles. The van der Waals surface area contributed by atoms with E-state index in [1.54, 1.807) is 11.3 Å². The van der Waals surface area contributed by atoms with Crippen molar-refractivity contribution in [2.24, 2.45) is 5.73 Å². The molecule has 0 bridgehead atoms. The highest BCUT2D eigenvalue weighted by Gasteiger charge is 2.01. The first-order chi connectivity index (χ1) is 6.22. The molecule has 13 heavy (non-hydrogen) atoms. The third-order valence-electron chi connectivity index (χ3n) is 1.81. The molecule has 1 aromatic heterocycles. The maximum atomic E-state index is 5.47. The van der Waals surface area contributed by atoms with E-state index in [9.17, 15) is 0 Å². The fourth-order valence-electron chi connectivity index (χ4n) is 1.20. The number of hydrogen-bond donors (Lipinski definition) is 1. The SMILES string of the molecule is C=C(CN)CN(C)Cc1ccsc1. The Balaban J connectivity index is 2.33.